The van der Waals surface area contributed by atoms with Crippen LogP contribution in [0.15, 0.2) is 0 Å². The van der Waals surface area contributed by atoms with E-state index < -0.39 is 17.9 Å². The molecule has 7 heavy (non-hydrogen) atoms. The highest BCUT2D eigenvalue weighted by molar-refractivity contribution is 6.98. The molecule has 0 aliphatic heterocycles. The quantitative estimate of drug-likeness (QED) is 0.393. The summed E-state index contributed by atoms with van der Waals surface area (Å²) >= 11 is 8.55. The lowest BCUT2D eigenvalue weighted by Crippen LogP contribution is -1.73. The first-order chi connectivity index (χ1) is 3.15. The van der Waals surface area contributed by atoms with Crippen molar-refractivity contribution in [3.63, 3.8) is 0 Å². The maximum absolute atomic E-state index is 10.2. The highest BCUT2D eigenvalue weighted by Crippen LogP contribution is 1.86. The van der Waals surface area contributed by atoms with E-state index in [0.29, 0.717) is 0 Å². The summed E-state index contributed by atoms with van der Waals surface area (Å²) < 4.78 is 30.7. The minimum absolute atomic E-state index is 1.61. The summed E-state index contributed by atoms with van der Waals surface area (Å²) in [6.45, 7) is 0. The predicted molar refractivity (Wildman–Crippen MR) is 30.7 cm³/mol. The van der Waals surface area contributed by atoms with Gasteiger partial charge in [0.1, 0.15) is 0 Å². The fourth-order valence-electron chi connectivity index (χ4n) is 0. The molecule has 0 radical (unpaired) electrons. The first kappa shape index (κ1) is 10.7. The average Bonchev–Trinajstić information content (AvgIpc) is 1.33. The summed E-state index contributed by atoms with van der Waals surface area (Å²) in [7, 11) is -5.28. The predicted octanol–water partition coefficient (Wildman–Crippen LogP) is 1.07. The zero-order chi connectivity index (χ0) is 6.28. The van der Waals surface area contributed by atoms with Crippen LogP contribution < -0.4 is 0 Å². The Bertz CT molecular complexity index is 22.1. The van der Waals surface area contributed by atoms with Gasteiger partial charge < -0.3 is 4.11 Å². The molecule has 0 N–H and O–H groups in total. The topological polar surface area (TPSA) is 0 Å². The first-order valence-corrected chi connectivity index (χ1v) is 6.48. The molecule has 0 heterocycles. The molecule has 0 saturated heterocycles. The Kier molecular flexibility index (Phi) is 15.2. The summed E-state index contributed by atoms with van der Waals surface area (Å²) in [4.78, 5) is 0. The van der Waals surface area contributed by atoms with Gasteiger partial charge in [-0.25, -0.2) is 0 Å². The third-order valence-corrected chi connectivity index (χ3v) is 0. The Morgan fingerprint density at radius 1 is 1.43 bits per heavy atom. The molecular weight excluding hydrogens is 184 g/mol. The van der Waals surface area contributed by atoms with Crippen LogP contribution in [0.3, 0.4) is 0 Å². The van der Waals surface area contributed by atoms with Crippen molar-refractivity contribution < 1.29 is 12.3 Å². The lowest BCUT2D eigenvalue weighted by Gasteiger charge is -1.62. The van der Waals surface area contributed by atoms with Gasteiger partial charge in [-0.15, -0.1) is 11.1 Å². The van der Waals surface area contributed by atoms with Gasteiger partial charge in [-0.2, -0.15) is 0 Å². The maximum Gasteiger partial charge on any atom is 0.506 e. The fraction of sp³-hybridized carbons (Fsp3) is 0. The van der Waals surface area contributed by atoms with E-state index in [1.807, 2.05) is 0 Å². The van der Waals surface area contributed by atoms with Gasteiger partial charge in [-0.3, -0.25) is 8.22 Å². The molecule has 0 spiro atoms. The van der Waals surface area contributed by atoms with Crippen LogP contribution in [-0.4, -0.2) is 17.9 Å². The Morgan fingerprint density at radius 2 is 1.43 bits per heavy atom. The van der Waals surface area contributed by atoms with Gasteiger partial charge in [-0.1, -0.05) is 11.1 Å². The monoisotopic (exact) mass is 186 g/mol. The van der Waals surface area contributed by atoms with Gasteiger partial charge in [-0.05, 0) is 0 Å². The van der Waals surface area contributed by atoms with Gasteiger partial charge in [0.2, 0.25) is 0 Å². The van der Waals surface area contributed by atoms with Crippen LogP contribution in [0.4, 0.5) is 12.3 Å². The van der Waals surface area contributed by atoms with Crippen molar-refractivity contribution in [1.29, 1.82) is 0 Å². The van der Waals surface area contributed by atoms with E-state index >= 15 is 0 Å². The van der Waals surface area contributed by atoms with Crippen molar-refractivity contribution >= 4 is 40.1 Å². The van der Waals surface area contributed by atoms with E-state index in [9.17, 15) is 12.3 Å². The third-order valence-electron chi connectivity index (χ3n) is 0. The molecule has 0 unspecified atom stereocenters. The Labute approximate surface area is 53.0 Å². The zero-order valence-corrected chi connectivity index (χ0v) is 7.26. The Hall–Kier alpha value is 0.804. The van der Waals surface area contributed by atoms with E-state index in [2.05, 4.69) is 22.2 Å². The lowest BCUT2D eigenvalue weighted by molar-refractivity contribution is 0.698. The van der Waals surface area contributed by atoms with E-state index in [0.717, 1.165) is 0 Å². The average molecular weight is 187 g/mol. The molecular formula is H3Cl2F3Si2. The Balaban J connectivity index is 0. The van der Waals surface area contributed by atoms with Crippen molar-refractivity contribution in [2.75, 3.05) is 0 Å². The van der Waals surface area contributed by atoms with Crippen LogP contribution in [0.2, 0.25) is 0 Å². The van der Waals surface area contributed by atoms with Crippen LogP contribution in [0, 0.1) is 0 Å². The lowest BCUT2D eigenvalue weighted by atomic mass is 18.8. The second-order valence-electron chi connectivity index (χ2n) is 0.348. The molecule has 0 aliphatic carbocycles. The highest BCUT2D eigenvalue weighted by Gasteiger charge is 1.92. The van der Waals surface area contributed by atoms with Crippen molar-refractivity contribution in [2.24, 2.45) is 0 Å². The second kappa shape index (κ2) is 9.93. The molecule has 0 bridgehead atoms. The molecule has 0 saturated carbocycles. The van der Waals surface area contributed by atoms with Gasteiger partial charge in [0, 0.05) is 0 Å². The highest BCUT2D eigenvalue weighted by atomic mass is 35.6. The molecule has 0 fully saturated rings. The van der Waals surface area contributed by atoms with Gasteiger partial charge in [0.15, 0.2) is 0 Å². The second-order valence-corrected chi connectivity index (χ2v) is 2.64. The van der Waals surface area contributed by atoms with Crippen molar-refractivity contribution in [3.05, 3.63) is 0 Å². The Morgan fingerprint density at radius 3 is 1.43 bits per heavy atom. The largest absolute Gasteiger partial charge is 0.506 e. The van der Waals surface area contributed by atoms with E-state index in [4.69, 9.17) is 0 Å². The van der Waals surface area contributed by atoms with Crippen LogP contribution in [0.25, 0.3) is 0 Å². The van der Waals surface area contributed by atoms with Crippen molar-refractivity contribution in [1.82, 2.24) is 0 Å². The van der Waals surface area contributed by atoms with E-state index in [1.54, 1.807) is 0 Å². The molecule has 0 nitrogen and oxygen atoms in total. The minimum atomic E-state index is -3.67. The van der Waals surface area contributed by atoms with Crippen LogP contribution in [-0.2, 0) is 0 Å². The molecule has 0 atom stereocenters. The van der Waals surface area contributed by atoms with Crippen LogP contribution in [0.5, 0.6) is 0 Å². The number of hydrogen-bond donors (Lipinski definition) is 0. The van der Waals surface area contributed by atoms with Gasteiger partial charge in [0.05, 0.1) is 0 Å². The summed E-state index contributed by atoms with van der Waals surface area (Å²) in [5, 5.41) is 0. The smallest absolute Gasteiger partial charge is 0.302 e. The van der Waals surface area contributed by atoms with Crippen molar-refractivity contribution in [2.45, 2.75) is 0 Å². The molecule has 7 heteroatoms. The normalized spacial score (nSPS) is 9.43. The summed E-state index contributed by atoms with van der Waals surface area (Å²) in [6, 6.07) is 0. The summed E-state index contributed by atoms with van der Waals surface area (Å²) in [5.74, 6) is 0. The molecule has 0 aromatic carbocycles. The molecule has 0 aromatic heterocycles. The van der Waals surface area contributed by atoms with Crippen molar-refractivity contribution in [3.8, 4) is 0 Å². The standard InChI is InChI=1S/ClF2HSi.ClFH2Si/c1-4(2)3;1-3-2/h4H;3H2. The third kappa shape index (κ3) is 243. The number of halogens is 5. The van der Waals surface area contributed by atoms with E-state index in [-0.39, 0.29) is 0 Å². The molecule has 46 valence electrons. The molecule has 0 aliphatic rings. The van der Waals surface area contributed by atoms with E-state index in [1.165, 1.54) is 0 Å². The van der Waals surface area contributed by atoms with Gasteiger partial charge in [0.25, 0.3) is 0 Å². The van der Waals surface area contributed by atoms with Gasteiger partial charge >= 0.3 is 17.9 Å². The molecule has 0 amide bonds. The van der Waals surface area contributed by atoms with Crippen LogP contribution in [0.1, 0.15) is 0 Å². The summed E-state index contributed by atoms with van der Waals surface area (Å²) in [6.07, 6.45) is 0. The number of rotatable bonds is 0. The minimum Gasteiger partial charge on any atom is -0.302 e. The molecule has 0 rings (SSSR count). The maximum atomic E-state index is 10.2. The number of hydrogen-bond acceptors (Lipinski definition) is 0. The zero-order valence-electron chi connectivity index (χ0n) is 3.17. The summed E-state index contributed by atoms with van der Waals surface area (Å²) in [5.41, 5.74) is 0. The fourth-order valence-corrected chi connectivity index (χ4v) is 0. The van der Waals surface area contributed by atoms with Crippen LogP contribution >= 0.6 is 22.2 Å². The molecule has 0 aromatic rings. The first-order valence-electron chi connectivity index (χ1n) is 1.19. The SMILES string of the molecule is F[SiH2]Cl.F[SiH](F)Cl.